The quantitative estimate of drug-likeness (QED) is 0.679. The number of hydrogen-bond donors (Lipinski definition) is 0. The Morgan fingerprint density at radius 1 is 1.20 bits per heavy atom. The van der Waals surface area contributed by atoms with Gasteiger partial charge in [-0.2, -0.15) is 0 Å². The maximum atomic E-state index is 11.4. The highest BCUT2D eigenvalue weighted by atomic mass is 16.5. The van der Waals surface area contributed by atoms with E-state index in [4.69, 9.17) is 0 Å². The fourth-order valence-corrected chi connectivity index (χ4v) is 1.21. The van der Waals surface area contributed by atoms with Crippen LogP contribution < -0.4 is 0 Å². The molecule has 0 saturated carbocycles. The molecule has 0 spiro atoms. The van der Waals surface area contributed by atoms with Crippen LogP contribution in [0.25, 0.3) is 0 Å². The summed E-state index contributed by atoms with van der Waals surface area (Å²) in [5.41, 5.74) is 0.744. The van der Waals surface area contributed by atoms with Crippen molar-refractivity contribution in [3.63, 3.8) is 0 Å². The molecule has 80 valence electrons. The monoisotopic (exact) mass is 209 g/mol. The van der Waals surface area contributed by atoms with Crippen molar-refractivity contribution in [2.45, 2.75) is 6.92 Å². The number of pyridine rings is 1. The minimum absolute atomic E-state index is 0.145. The zero-order valence-corrected chi connectivity index (χ0v) is 8.73. The summed E-state index contributed by atoms with van der Waals surface area (Å²) in [6, 6.07) is 1.42. The van der Waals surface area contributed by atoms with Crippen molar-refractivity contribution in [2.75, 3.05) is 14.2 Å². The van der Waals surface area contributed by atoms with Gasteiger partial charge in [-0.3, -0.25) is 4.98 Å². The highest BCUT2D eigenvalue weighted by molar-refractivity contribution is 6.03. The lowest BCUT2D eigenvalue weighted by Gasteiger charge is -2.07. The highest BCUT2D eigenvalue weighted by Gasteiger charge is 2.20. The topological polar surface area (TPSA) is 65.5 Å². The van der Waals surface area contributed by atoms with Crippen LogP contribution in [0.3, 0.4) is 0 Å². The molecule has 1 aromatic rings. The van der Waals surface area contributed by atoms with E-state index in [1.165, 1.54) is 26.5 Å². The number of esters is 2. The molecule has 0 saturated heterocycles. The van der Waals surface area contributed by atoms with Gasteiger partial charge in [0, 0.05) is 6.20 Å². The first-order valence-electron chi connectivity index (χ1n) is 4.24. The molecule has 1 aromatic heterocycles. The van der Waals surface area contributed by atoms with Crippen LogP contribution >= 0.6 is 0 Å². The first-order valence-corrected chi connectivity index (χ1v) is 4.24. The molecule has 0 fully saturated rings. The van der Waals surface area contributed by atoms with Crippen LogP contribution in [0.15, 0.2) is 12.3 Å². The zero-order valence-electron chi connectivity index (χ0n) is 8.73. The molecule has 0 aliphatic rings. The number of ether oxygens (including phenoxy) is 2. The number of aromatic nitrogens is 1. The van der Waals surface area contributed by atoms with Gasteiger partial charge in [0.05, 0.1) is 31.0 Å². The third-order valence-electron chi connectivity index (χ3n) is 1.94. The Morgan fingerprint density at radius 3 is 2.33 bits per heavy atom. The predicted octanol–water partition coefficient (Wildman–Crippen LogP) is 0.963. The average molecular weight is 209 g/mol. The summed E-state index contributed by atoms with van der Waals surface area (Å²) in [6.07, 6.45) is 1.44. The standard InChI is InChI=1S/C10H11NO4/c1-6-8(10(13)15-3)7(4-5-11-6)9(12)14-2/h4-5H,1-3H3. The van der Waals surface area contributed by atoms with Crippen molar-refractivity contribution in [1.82, 2.24) is 4.98 Å². The molecule has 0 aromatic carbocycles. The van der Waals surface area contributed by atoms with Crippen molar-refractivity contribution in [2.24, 2.45) is 0 Å². The molecule has 0 aliphatic heterocycles. The summed E-state index contributed by atoms with van der Waals surface area (Å²) in [7, 11) is 2.50. The third kappa shape index (κ3) is 2.12. The highest BCUT2D eigenvalue weighted by Crippen LogP contribution is 2.14. The maximum Gasteiger partial charge on any atom is 0.340 e. The van der Waals surface area contributed by atoms with E-state index in [0.29, 0.717) is 5.69 Å². The predicted molar refractivity (Wildman–Crippen MR) is 51.7 cm³/mol. The van der Waals surface area contributed by atoms with Crippen molar-refractivity contribution < 1.29 is 19.1 Å². The average Bonchev–Trinajstić information content (AvgIpc) is 2.26. The van der Waals surface area contributed by atoms with Gasteiger partial charge in [-0.05, 0) is 13.0 Å². The van der Waals surface area contributed by atoms with Crippen molar-refractivity contribution >= 4 is 11.9 Å². The second-order valence-corrected chi connectivity index (χ2v) is 2.80. The van der Waals surface area contributed by atoms with Crippen LogP contribution in [0.4, 0.5) is 0 Å². The third-order valence-corrected chi connectivity index (χ3v) is 1.94. The Bertz CT molecular complexity index is 400. The number of hydrogen-bond acceptors (Lipinski definition) is 5. The smallest absolute Gasteiger partial charge is 0.340 e. The van der Waals surface area contributed by atoms with E-state index < -0.39 is 11.9 Å². The van der Waals surface area contributed by atoms with Crippen LogP contribution in [0.2, 0.25) is 0 Å². The first kappa shape index (κ1) is 11.2. The summed E-state index contributed by atoms with van der Waals surface area (Å²) >= 11 is 0. The molecule has 0 atom stereocenters. The molecule has 0 aliphatic carbocycles. The fraction of sp³-hybridized carbons (Fsp3) is 0.300. The summed E-state index contributed by atoms with van der Waals surface area (Å²) in [5.74, 6) is -1.18. The van der Waals surface area contributed by atoms with E-state index in [0.717, 1.165) is 0 Å². The zero-order chi connectivity index (χ0) is 11.4. The van der Waals surface area contributed by atoms with Crippen molar-refractivity contribution in [3.8, 4) is 0 Å². The lowest BCUT2D eigenvalue weighted by molar-refractivity contribution is 0.0554. The van der Waals surface area contributed by atoms with Crippen LogP contribution in [0, 0.1) is 6.92 Å². The van der Waals surface area contributed by atoms with Gasteiger partial charge in [0.2, 0.25) is 0 Å². The van der Waals surface area contributed by atoms with Crippen LogP contribution in [0.1, 0.15) is 26.4 Å². The minimum Gasteiger partial charge on any atom is -0.465 e. The van der Waals surface area contributed by atoms with Gasteiger partial charge in [-0.25, -0.2) is 9.59 Å². The lowest BCUT2D eigenvalue weighted by atomic mass is 10.1. The Labute approximate surface area is 87.0 Å². The van der Waals surface area contributed by atoms with Gasteiger partial charge >= 0.3 is 11.9 Å². The van der Waals surface area contributed by atoms with E-state index in [-0.39, 0.29) is 11.1 Å². The molecule has 0 unspecified atom stereocenters. The normalized spacial score (nSPS) is 9.53. The van der Waals surface area contributed by atoms with Crippen LogP contribution in [-0.2, 0) is 9.47 Å². The van der Waals surface area contributed by atoms with E-state index in [2.05, 4.69) is 14.5 Å². The van der Waals surface area contributed by atoms with Gasteiger partial charge in [-0.15, -0.1) is 0 Å². The second kappa shape index (κ2) is 4.54. The van der Waals surface area contributed by atoms with Gasteiger partial charge in [0.1, 0.15) is 0 Å². The van der Waals surface area contributed by atoms with Crippen LogP contribution in [0.5, 0.6) is 0 Å². The molecule has 0 bridgehead atoms. The second-order valence-electron chi connectivity index (χ2n) is 2.80. The molecule has 0 radical (unpaired) electrons. The molecule has 0 amide bonds. The van der Waals surface area contributed by atoms with E-state index in [9.17, 15) is 9.59 Å². The first-order chi connectivity index (χ1) is 7.11. The van der Waals surface area contributed by atoms with E-state index in [1.807, 2.05) is 0 Å². The van der Waals surface area contributed by atoms with Crippen molar-refractivity contribution in [3.05, 3.63) is 29.1 Å². The van der Waals surface area contributed by atoms with Gasteiger partial charge < -0.3 is 9.47 Å². The number of rotatable bonds is 2. The summed E-state index contributed by atoms with van der Waals surface area (Å²) in [5, 5.41) is 0. The number of methoxy groups -OCH3 is 2. The summed E-state index contributed by atoms with van der Waals surface area (Å²) < 4.78 is 9.12. The molecule has 15 heavy (non-hydrogen) atoms. The Balaban J connectivity index is 3.32. The number of aryl methyl sites for hydroxylation is 1. The molecule has 5 nitrogen and oxygen atoms in total. The molecule has 5 heteroatoms. The number of carbonyl (C=O) groups is 2. The van der Waals surface area contributed by atoms with E-state index in [1.54, 1.807) is 6.92 Å². The molecule has 1 rings (SSSR count). The summed E-state index contributed by atoms with van der Waals surface area (Å²) in [6.45, 7) is 1.62. The Morgan fingerprint density at radius 2 is 1.80 bits per heavy atom. The molecule has 0 N–H and O–H groups in total. The minimum atomic E-state index is -0.596. The molecular weight excluding hydrogens is 198 g/mol. The van der Waals surface area contributed by atoms with Crippen LogP contribution in [-0.4, -0.2) is 31.1 Å². The SMILES string of the molecule is COC(=O)c1ccnc(C)c1C(=O)OC. The fourth-order valence-electron chi connectivity index (χ4n) is 1.21. The summed E-state index contributed by atoms with van der Waals surface area (Å²) in [4.78, 5) is 26.7. The Kier molecular flexibility index (Phi) is 3.38. The molecular formula is C10H11NO4. The van der Waals surface area contributed by atoms with Crippen molar-refractivity contribution in [1.29, 1.82) is 0 Å². The van der Waals surface area contributed by atoms with Gasteiger partial charge in [-0.1, -0.05) is 0 Å². The molecule has 1 heterocycles. The largest absolute Gasteiger partial charge is 0.465 e. The lowest BCUT2D eigenvalue weighted by Crippen LogP contribution is -2.14. The van der Waals surface area contributed by atoms with Gasteiger partial charge in [0.15, 0.2) is 0 Å². The number of carbonyl (C=O) groups excluding carboxylic acids is 2. The number of nitrogens with zero attached hydrogens (tertiary/aromatic N) is 1. The Hall–Kier alpha value is -1.91. The maximum absolute atomic E-state index is 11.4. The van der Waals surface area contributed by atoms with E-state index >= 15 is 0 Å². The van der Waals surface area contributed by atoms with Gasteiger partial charge in [0.25, 0.3) is 0 Å².